The van der Waals surface area contributed by atoms with Crippen molar-refractivity contribution in [3.8, 4) is 0 Å². The van der Waals surface area contributed by atoms with Crippen LogP contribution in [0.3, 0.4) is 0 Å². The number of nitrogens with zero attached hydrogens (tertiary/aromatic N) is 1. The van der Waals surface area contributed by atoms with Gasteiger partial charge in [-0.3, -0.25) is 9.69 Å². The van der Waals surface area contributed by atoms with Crippen LogP contribution in [0.1, 0.15) is 49.3 Å². The lowest BCUT2D eigenvalue weighted by Gasteiger charge is -2.25. The van der Waals surface area contributed by atoms with Crippen LogP contribution in [0, 0.1) is 6.92 Å². The van der Waals surface area contributed by atoms with Crippen molar-refractivity contribution in [3.63, 3.8) is 0 Å². The largest absolute Gasteiger partial charge is 0.481 e. The fraction of sp³-hybridized carbons (Fsp3) is 0.562. The Bertz CT molecular complexity index is 476. The average molecular weight is 340 g/mol. The van der Waals surface area contributed by atoms with Crippen molar-refractivity contribution in [1.29, 1.82) is 0 Å². The first-order chi connectivity index (χ1) is 9.58. The topological polar surface area (TPSA) is 40.5 Å². The second-order valence-corrected chi connectivity index (χ2v) is 6.41. The normalized spacial score (nSPS) is 19.4. The molecule has 1 aromatic carbocycles. The third kappa shape index (κ3) is 4.06. The summed E-state index contributed by atoms with van der Waals surface area (Å²) in [4.78, 5) is 13.0. The van der Waals surface area contributed by atoms with Gasteiger partial charge in [0.25, 0.3) is 0 Å². The molecular formula is C16H22BrNO2. The molecule has 2 rings (SSSR count). The Kier molecular flexibility index (Phi) is 5.61. The van der Waals surface area contributed by atoms with Crippen molar-refractivity contribution in [1.82, 2.24) is 4.90 Å². The van der Waals surface area contributed by atoms with E-state index < -0.39 is 5.97 Å². The number of rotatable bonds is 6. The lowest BCUT2D eigenvalue weighted by molar-refractivity contribution is -0.137. The summed E-state index contributed by atoms with van der Waals surface area (Å²) in [7, 11) is 0. The van der Waals surface area contributed by atoms with E-state index in [0.29, 0.717) is 6.04 Å². The molecule has 1 aliphatic rings. The van der Waals surface area contributed by atoms with Crippen LogP contribution in [0.2, 0.25) is 0 Å². The standard InChI is InChI=1S/C16H22BrNO2/c1-12-11-13(7-8-14(12)17)15-5-4-10-18(15)9-3-2-6-16(19)20/h7-8,11,15H,2-6,9-10H2,1H3,(H,19,20). The van der Waals surface area contributed by atoms with E-state index in [2.05, 4.69) is 46.0 Å². The van der Waals surface area contributed by atoms with E-state index in [1.807, 2.05) is 0 Å². The maximum absolute atomic E-state index is 10.5. The fourth-order valence-electron chi connectivity index (χ4n) is 2.94. The Hall–Kier alpha value is -0.870. The smallest absolute Gasteiger partial charge is 0.303 e. The lowest BCUT2D eigenvalue weighted by atomic mass is 10.0. The quantitative estimate of drug-likeness (QED) is 0.791. The highest BCUT2D eigenvalue weighted by molar-refractivity contribution is 9.10. The molecule has 1 aromatic rings. The predicted molar refractivity (Wildman–Crippen MR) is 83.9 cm³/mol. The van der Waals surface area contributed by atoms with E-state index in [1.165, 1.54) is 24.0 Å². The number of carbonyl (C=O) groups is 1. The van der Waals surface area contributed by atoms with E-state index in [9.17, 15) is 4.79 Å². The molecule has 1 atom stereocenters. The molecule has 0 spiro atoms. The second-order valence-electron chi connectivity index (χ2n) is 5.55. The van der Waals surface area contributed by atoms with Crippen molar-refractivity contribution in [3.05, 3.63) is 33.8 Å². The number of halogens is 1. The van der Waals surface area contributed by atoms with Gasteiger partial charge in [0, 0.05) is 16.9 Å². The zero-order chi connectivity index (χ0) is 14.5. The first kappa shape index (κ1) is 15.5. The highest BCUT2D eigenvalue weighted by Crippen LogP contribution is 2.33. The molecule has 0 bridgehead atoms. The number of aliphatic carboxylic acids is 1. The second kappa shape index (κ2) is 7.23. The number of carboxylic acid groups (broad SMARTS) is 1. The highest BCUT2D eigenvalue weighted by Gasteiger charge is 2.25. The van der Waals surface area contributed by atoms with Crippen LogP contribution in [0.15, 0.2) is 22.7 Å². The number of hydrogen-bond acceptors (Lipinski definition) is 2. The summed E-state index contributed by atoms with van der Waals surface area (Å²) in [6.45, 7) is 4.26. The molecule has 1 N–H and O–H groups in total. The average Bonchev–Trinajstić information content (AvgIpc) is 2.86. The zero-order valence-corrected chi connectivity index (χ0v) is 13.5. The van der Waals surface area contributed by atoms with Crippen LogP contribution in [0.5, 0.6) is 0 Å². The van der Waals surface area contributed by atoms with Gasteiger partial charge in [0.05, 0.1) is 0 Å². The van der Waals surface area contributed by atoms with Gasteiger partial charge in [0.2, 0.25) is 0 Å². The van der Waals surface area contributed by atoms with Crippen LogP contribution < -0.4 is 0 Å². The first-order valence-corrected chi connectivity index (χ1v) is 8.09. The molecule has 0 radical (unpaired) electrons. The van der Waals surface area contributed by atoms with Gasteiger partial charge in [-0.15, -0.1) is 0 Å². The molecule has 0 saturated carbocycles. The van der Waals surface area contributed by atoms with Crippen LogP contribution >= 0.6 is 15.9 Å². The molecule has 110 valence electrons. The Balaban J connectivity index is 1.92. The van der Waals surface area contributed by atoms with Gasteiger partial charge < -0.3 is 5.11 Å². The number of benzene rings is 1. The Morgan fingerprint density at radius 1 is 1.45 bits per heavy atom. The van der Waals surface area contributed by atoms with Gasteiger partial charge in [0.1, 0.15) is 0 Å². The summed E-state index contributed by atoms with van der Waals surface area (Å²) >= 11 is 3.55. The van der Waals surface area contributed by atoms with Crippen LogP contribution in [-0.2, 0) is 4.79 Å². The number of aryl methyl sites for hydroxylation is 1. The first-order valence-electron chi connectivity index (χ1n) is 7.30. The highest BCUT2D eigenvalue weighted by atomic mass is 79.9. The number of carboxylic acids is 1. The molecule has 1 heterocycles. The molecule has 1 unspecified atom stereocenters. The molecule has 1 fully saturated rings. The lowest BCUT2D eigenvalue weighted by Crippen LogP contribution is -2.24. The van der Waals surface area contributed by atoms with Crippen molar-refractivity contribution >= 4 is 21.9 Å². The van der Waals surface area contributed by atoms with Gasteiger partial charge >= 0.3 is 5.97 Å². The minimum atomic E-state index is -0.688. The summed E-state index contributed by atoms with van der Waals surface area (Å²) in [5.74, 6) is -0.688. The van der Waals surface area contributed by atoms with Crippen molar-refractivity contribution in [2.24, 2.45) is 0 Å². The summed E-state index contributed by atoms with van der Waals surface area (Å²) in [5, 5.41) is 8.67. The van der Waals surface area contributed by atoms with Crippen molar-refractivity contribution < 1.29 is 9.90 Å². The maximum Gasteiger partial charge on any atom is 0.303 e. The van der Waals surface area contributed by atoms with Crippen molar-refractivity contribution in [2.45, 2.75) is 45.1 Å². The van der Waals surface area contributed by atoms with E-state index in [0.717, 1.165) is 30.4 Å². The maximum atomic E-state index is 10.5. The fourth-order valence-corrected chi connectivity index (χ4v) is 3.18. The number of likely N-dealkylation sites (tertiary alicyclic amines) is 1. The summed E-state index contributed by atoms with van der Waals surface area (Å²) in [5.41, 5.74) is 2.67. The zero-order valence-electron chi connectivity index (χ0n) is 11.9. The third-order valence-corrected chi connectivity index (χ3v) is 4.91. The Morgan fingerprint density at radius 2 is 2.25 bits per heavy atom. The molecule has 0 aliphatic carbocycles. The molecule has 0 amide bonds. The number of unbranched alkanes of at least 4 members (excludes halogenated alkanes) is 1. The van der Waals surface area contributed by atoms with Gasteiger partial charge in [-0.1, -0.05) is 28.1 Å². The van der Waals surface area contributed by atoms with Gasteiger partial charge in [-0.25, -0.2) is 0 Å². The predicted octanol–water partition coefficient (Wildman–Crippen LogP) is 4.15. The summed E-state index contributed by atoms with van der Waals surface area (Å²) in [6.07, 6.45) is 4.48. The Morgan fingerprint density at radius 3 is 2.95 bits per heavy atom. The Labute approximate surface area is 129 Å². The van der Waals surface area contributed by atoms with E-state index in [4.69, 9.17) is 5.11 Å². The molecule has 0 aromatic heterocycles. The van der Waals surface area contributed by atoms with Gasteiger partial charge in [-0.2, -0.15) is 0 Å². The summed E-state index contributed by atoms with van der Waals surface area (Å²) in [6, 6.07) is 7.11. The SMILES string of the molecule is Cc1cc(C2CCCN2CCCCC(=O)O)ccc1Br. The van der Waals surface area contributed by atoms with E-state index in [1.54, 1.807) is 0 Å². The number of hydrogen-bond donors (Lipinski definition) is 1. The monoisotopic (exact) mass is 339 g/mol. The minimum absolute atomic E-state index is 0.288. The van der Waals surface area contributed by atoms with Crippen LogP contribution in [0.25, 0.3) is 0 Å². The van der Waals surface area contributed by atoms with Crippen molar-refractivity contribution in [2.75, 3.05) is 13.1 Å². The van der Waals surface area contributed by atoms with E-state index >= 15 is 0 Å². The molecule has 1 aliphatic heterocycles. The molecule has 20 heavy (non-hydrogen) atoms. The molecule has 1 saturated heterocycles. The summed E-state index contributed by atoms with van der Waals surface area (Å²) < 4.78 is 1.16. The van der Waals surface area contributed by atoms with E-state index in [-0.39, 0.29) is 6.42 Å². The molecular weight excluding hydrogens is 318 g/mol. The van der Waals surface area contributed by atoms with Crippen LogP contribution in [0.4, 0.5) is 0 Å². The molecule has 4 heteroatoms. The molecule has 3 nitrogen and oxygen atoms in total. The van der Waals surface area contributed by atoms with Gasteiger partial charge in [0.15, 0.2) is 0 Å². The minimum Gasteiger partial charge on any atom is -0.481 e. The van der Waals surface area contributed by atoms with Crippen LogP contribution in [-0.4, -0.2) is 29.1 Å². The third-order valence-electron chi connectivity index (χ3n) is 4.02. The van der Waals surface area contributed by atoms with Gasteiger partial charge in [-0.05, 0) is 62.9 Å².